The molecule has 24 heavy (non-hydrogen) atoms. The van der Waals surface area contributed by atoms with E-state index in [4.69, 9.17) is 0 Å². The van der Waals surface area contributed by atoms with E-state index in [0.717, 1.165) is 0 Å². The van der Waals surface area contributed by atoms with Crippen LogP contribution in [0, 0.1) is 0 Å². The van der Waals surface area contributed by atoms with Crippen molar-refractivity contribution in [3.05, 3.63) is 40.4 Å². The Labute approximate surface area is 136 Å². The first kappa shape index (κ1) is 15.7. The predicted octanol–water partition coefficient (Wildman–Crippen LogP) is -0.520. The van der Waals surface area contributed by atoms with Gasteiger partial charge in [0.25, 0.3) is 11.5 Å². The van der Waals surface area contributed by atoms with E-state index in [9.17, 15) is 19.2 Å². The van der Waals surface area contributed by atoms with E-state index in [-0.39, 0.29) is 24.4 Å². The average Bonchev–Trinajstić information content (AvgIpc) is 2.85. The molecule has 3 N–H and O–H groups in total. The van der Waals surface area contributed by atoms with Gasteiger partial charge in [0, 0.05) is 7.05 Å². The Morgan fingerprint density at radius 1 is 1.25 bits per heavy atom. The summed E-state index contributed by atoms with van der Waals surface area (Å²) in [4.78, 5) is 55.0. The molecule has 9 nitrogen and oxygen atoms in total. The molecule has 0 bridgehead atoms. The standard InChI is InChI=1S/C15H15N5O4/c1-20(12(21)6-10-14(23)19-15(24)17-10)7-11-16-9-5-3-2-4-8(9)13(22)18-11/h2-5,10H,6-7H2,1H3,(H,16,18,22)(H2,17,19,23,24)/t10-/m1/s1. The van der Waals surface area contributed by atoms with Crippen LogP contribution >= 0.6 is 0 Å². The van der Waals surface area contributed by atoms with Crippen molar-refractivity contribution in [3.8, 4) is 0 Å². The molecule has 124 valence electrons. The second-order valence-corrected chi connectivity index (χ2v) is 5.50. The van der Waals surface area contributed by atoms with Gasteiger partial charge in [0.1, 0.15) is 11.9 Å². The van der Waals surface area contributed by atoms with Crippen LogP contribution < -0.4 is 16.2 Å². The van der Waals surface area contributed by atoms with E-state index in [1.165, 1.54) is 11.9 Å². The zero-order valence-corrected chi connectivity index (χ0v) is 12.8. The Morgan fingerprint density at radius 3 is 2.71 bits per heavy atom. The number of nitrogens with one attached hydrogen (secondary N) is 3. The number of imide groups is 1. The highest BCUT2D eigenvalue weighted by Crippen LogP contribution is 2.08. The van der Waals surface area contributed by atoms with E-state index >= 15 is 0 Å². The summed E-state index contributed by atoms with van der Waals surface area (Å²) in [6.45, 7) is 0.0845. The molecule has 1 atom stereocenters. The van der Waals surface area contributed by atoms with Gasteiger partial charge in [0.05, 0.1) is 23.9 Å². The molecule has 1 aromatic heterocycles. The number of rotatable bonds is 4. The first-order valence-electron chi connectivity index (χ1n) is 7.27. The zero-order valence-electron chi connectivity index (χ0n) is 12.8. The van der Waals surface area contributed by atoms with E-state index in [2.05, 4.69) is 20.6 Å². The fourth-order valence-corrected chi connectivity index (χ4v) is 2.46. The minimum absolute atomic E-state index is 0.0845. The van der Waals surface area contributed by atoms with Crippen LogP contribution in [0.1, 0.15) is 12.2 Å². The van der Waals surface area contributed by atoms with E-state index < -0.39 is 18.0 Å². The van der Waals surface area contributed by atoms with Crippen LogP contribution in [-0.2, 0) is 16.1 Å². The lowest BCUT2D eigenvalue weighted by Gasteiger charge is -2.18. The van der Waals surface area contributed by atoms with Crippen LogP contribution in [0.2, 0.25) is 0 Å². The lowest BCUT2D eigenvalue weighted by atomic mass is 10.2. The van der Waals surface area contributed by atoms with Crippen molar-refractivity contribution in [2.45, 2.75) is 19.0 Å². The Bertz CT molecular complexity index is 891. The number of amides is 4. The summed E-state index contributed by atoms with van der Waals surface area (Å²) in [6, 6.07) is 5.41. The van der Waals surface area contributed by atoms with Gasteiger partial charge in [0.15, 0.2) is 0 Å². The second kappa shape index (κ2) is 6.11. The van der Waals surface area contributed by atoms with Gasteiger partial charge in [-0.15, -0.1) is 0 Å². The number of hydrogen-bond donors (Lipinski definition) is 3. The monoisotopic (exact) mass is 329 g/mol. The summed E-state index contributed by atoms with van der Waals surface area (Å²) < 4.78 is 0. The summed E-state index contributed by atoms with van der Waals surface area (Å²) in [5.74, 6) is -0.540. The molecule has 0 unspecified atom stereocenters. The van der Waals surface area contributed by atoms with Gasteiger partial charge in [-0.25, -0.2) is 9.78 Å². The third-order valence-electron chi connectivity index (χ3n) is 3.71. The summed E-state index contributed by atoms with van der Waals surface area (Å²) in [5, 5.41) is 4.91. The van der Waals surface area contributed by atoms with Crippen molar-refractivity contribution >= 4 is 28.7 Å². The maximum absolute atomic E-state index is 12.2. The number of carbonyl (C=O) groups excluding carboxylic acids is 3. The molecular weight excluding hydrogens is 314 g/mol. The van der Waals surface area contributed by atoms with Crippen molar-refractivity contribution in [1.82, 2.24) is 25.5 Å². The normalized spacial score (nSPS) is 16.8. The van der Waals surface area contributed by atoms with Crippen molar-refractivity contribution in [3.63, 3.8) is 0 Å². The smallest absolute Gasteiger partial charge is 0.322 e. The number of aromatic nitrogens is 2. The summed E-state index contributed by atoms with van der Waals surface area (Å²) in [5.41, 5.74) is 0.262. The molecule has 0 spiro atoms. The molecule has 0 aliphatic carbocycles. The highest BCUT2D eigenvalue weighted by molar-refractivity contribution is 6.05. The van der Waals surface area contributed by atoms with E-state index in [1.54, 1.807) is 24.3 Å². The molecule has 3 rings (SSSR count). The zero-order chi connectivity index (χ0) is 17.3. The molecule has 2 aromatic rings. The van der Waals surface area contributed by atoms with E-state index in [1.807, 2.05) is 0 Å². The lowest BCUT2D eigenvalue weighted by Crippen LogP contribution is -2.37. The Morgan fingerprint density at radius 2 is 2.00 bits per heavy atom. The van der Waals surface area contributed by atoms with Gasteiger partial charge < -0.3 is 15.2 Å². The summed E-state index contributed by atoms with van der Waals surface area (Å²) >= 11 is 0. The summed E-state index contributed by atoms with van der Waals surface area (Å²) in [7, 11) is 1.53. The average molecular weight is 329 g/mol. The highest BCUT2D eigenvalue weighted by Gasteiger charge is 2.32. The van der Waals surface area contributed by atoms with Gasteiger partial charge >= 0.3 is 6.03 Å². The van der Waals surface area contributed by atoms with Crippen LogP contribution in [0.5, 0.6) is 0 Å². The number of benzene rings is 1. The third-order valence-corrected chi connectivity index (χ3v) is 3.71. The molecule has 9 heteroatoms. The largest absolute Gasteiger partial charge is 0.338 e. The van der Waals surface area contributed by atoms with Crippen LogP contribution in [0.25, 0.3) is 10.9 Å². The number of urea groups is 1. The fraction of sp³-hybridized carbons (Fsp3) is 0.267. The lowest BCUT2D eigenvalue weighted by molar-refractivity contribution is -0.133. The number of H-pyrrole nitrogens is 1. The fourth-order valence-electron chi connectivity index (χ4n) is 2.46. The predicted molar refractivity (Wildman–Crippen MR) is 83.9 cm³/mol. The molecule has 1 aliphatic rings. The molecule has 1 aromatic carbocycles. The molecule has 1 fully saturated rings. The van der Waals surface area contributed by atoms with Crippen molar-refractivity contribution < 1.29 is 14.4 Å². The van der Waals surface area contributed by atoms with Crippen molar-refractivity contribution in [2.75, 3.05) is 7.05 Å². The van der Waals surface area contributed by atoms with Gasteiger partial charge in [-0.1, -0.05) is 12.1 Å². The maximum Gasteiger partial charge on any atom is 0.322 e. The minimum atomic E-state index is -0.879. The van der Waals surface area contributed by atoms with Gasteiger partial charge in [0.2, 0.25) is 5.91 Å². The first-order chi connectivity index (χ1) is 11.4. The van der Waals surface area contributed by atoms with Gasteiger partial charge in [-0.3, -0.25) is 19.7 Å². The maximum atomic E-state index is 12.2. The quantitative estimate of drug-likeness (QED) is 0.651. The number of fused-ring (bicyclic) bond motifs is 1. The van der Waals surface area contributed by atoms with Crippen LogP contribution in [0.15, 0.2) is 29.1 Å². The van der Waals surface area contributed by atoms with E-state index in [0.29, 0.717) is 16.7 Å². The molecule has 2 heterocycles. The number of hydrogen-bond acceptors (Lipinski definition) is 5. The molecule has 1 aliphatic heterocycles. The molecular formula is C15H15N5O4. The molecule has 4 amide bonds. The summed E-state index contributed by atoms with van der Waals surface area (Å²) in [6.07, 6.45) is -0.161. The van der Waals surface area contributed by atoms with Gasteiger partial charge in [-0.2, -0.15) is 0 Å². The number of para-hydroxylation sites is 1. The first-order valence-corrected chi connectivity index (χ1v) is 7.27. The van der Waals surface area contributed by atoms with Crippen molar-refractivity contribution in [2.24, 2.45) is 0 Å². The van der Waals surface area contributed by atoms with Crippen LogP contribution in [-0.4, -0.2) is 45.8 Å². The third kappa shape index (κ3) is 3.09. The van der Waals surface area contributed by atoms with Crippen molar-refractivity contribution in [1.29, 1.82) is 0 Å². The second-order valence-electron chi connectivity index (χ2n) is 5.50. The van der Waals surface area contributed by atoms with Crippen LogP contribution in [0.4, 0.5) is 4.79 Å². The van der Waals surface area contributed by atoms with Crippen LogP contribution in [0.3, 0.4) is 0 Å². The Kier molecular flexibility index (Phi) is 3.98. The highest BCUT2D eigenvalue weighted by atomic mass is 16.2. The van der Waals surface area contributed by atoms with Gasteiger partial charge in [-0.05, 0) is 12.1 Å². The topological polar surface area (TPSA) is 124 Å². The molecule has 0 radical (unpaired) electrons. The SMILES string of the molecule is CN(Cc1nc2ccccc2c(=O)[nH]1)C(=O)C[C@H]1NC(=O)NC1=O. The molecule has 0 saturated carbocycles. The minimum Gasteiger partial charge on any atom is -0.338 e. The Balaban J connectivity index is 1.71. The number of aromatic amines is 1. The Hall–Kier alpha value is -3.23. The number of carbonyl (C=O) groups is 3. The molecule has 1 saturated heterocycles. The number of nitrogens with zero attached hydrogens (tertiary/aromatic N) is 2.